The summed E-state index contributed by atoms with van der Waals surface area (Å²) in [6.07, 6.45) is 7.69. The molecule has 18 heavy (non-hydrogen) atoms. The number of carbonyl (C=O) groups is 1. The van der Waals surface area contributed by atoms with Gasteiger partial charge in [0, 0.05) is 0 Å². The number of benzene rings is 1. The topological polar surface area (TPSA) is 46.5 Å². The molecule has 2 atom stereocenters. The quantitative estimate of drug-likeness (QED) is 0.885. The monoisotopic (exact) mass is 244 g/mol. The minimum absolute atomic E-state index is 0.597. The van der Waals surface area contributed by atoms with Crippen LogP contribution in [0, 0.1) is 5.92 Å². The molecule has 94 valence electrons. The largest absolute Gasteiger partial charge is 0.482 e. The van der Waals surface area contributed by atoms with Gasteiger partial charge < -0.3 is 9.84 Å². The maximum absolute atomic E-state index is 11.4. The summed E-state index contributed by atoms with van der Waals surface area (Å²) in [5.41, 5.74) is -0.804. The number of para-hydroxylation sites is 1. The van der Waals surface area contributed by atoms with Crippen LogP contribution in [-0.2, 0) is 4.79 Å². The van der Waals surface area contributed by atoms with Crippen molar-refractivity contribution in [2.45, 2.75) is 18.9 Å². The molecule has 0 heterocycles. The van der Waals surface area contributed by atoms with Crippen molar-refractivity contribution < 1.29 is 14.6 Å². The lowest BCUT2D eigenvalue weighted by molar-refractivity contribution is -0.145. The van der Waals surface area contributed by atoms with Gasteiger partial charge >= 0.3 is 5.97 Å². The molecule has 0 bridgehead atoms. The lowest BCUT2D eigenvalue weighted by Crippen LogP contribution is -2.45. The van der Waals surface area contributed by atoms with Crippen LogP contribution in [0.3, 0.4) is 0 Å². The van der Waals surface area contributed by atoms with Crippen LogP contribution in [0.15, 0.2) is 54.6 Å². The van der Waals surface area contributed by atoms with E-state index in [1.54, 1.807) is 12.2 Å². The van der Waals surface area contributed by atoms with Gasteiger partial charge in [-0.15, -0.1) is 0 Å². The summed E-state index contributed by atoms with van der Waals surface area (Å²) in [5, 5.41) is 9.32. The maximum atomic E-state index is 11.4. The average Bonchev–Trinajstić information content (AvgIpc) is 2.40. The zero-order valence-electron chi connectivity index (χ0n) is 10.2. The highest BCUT2D eigenvalue weighted by molar-refractivity contribution is 5.75. The highest BCUT2D eigenvalue weighted by Crippen LogP contribution is 2.33. The summed E-state index contributed by atoms with van der Waals surface area (Å²) in [7, 11) is 0. The van der Waals surface area contributed by atoms with Gasteiger partial charge in [-0.3, -0.25) is 4.79 Å². The lowest BCUT2D eigenvalue weighted by Gasteiger charge is -2.36. The van der Waals surface area contributed by atoms with Gasteiger partial charge in [-0.05, 0) is 24.6 Å². The Morgan fingerprint density at radius 2 is 2.06 bits per heavy atom. The van der Waals surface area contributed by atoms with Crippen LogP contribution in [0.5, 0.6) is 5.75 Å². The van der Waals surface area contributed by atoms with Crippen molar-refractivity contribution in [3.63, 3.8) is 0 Å². The molecule has 1 aliphatic rings. The predicted molar refractivity (Wildman–Crippen MR) is 69.5 cm³/mol. The summed E-state index contributed by atoms with van der Waals surface area (Å²) >= 11 is 0. The van der Waals surface area contributed by atoms with Crippen LogP contribution in [0.2, 0.25) is 0 Å². The van der Waals surface area contributed by atoms with Crippen LogP contribution in [-0.4, -0.2) is 16.7 Å². The summed E-state index contributed by atoms with van der Waals surface area (Å²) in [5.74, 6) is -0.841. The van der Waals surface area contributed by atoms with E-state index in [9.17, 15) is 9.90 Å². The zero-order valence-corrected chi connectivity index (χ0v) is 10.2. The Morgan fingerprint density at radius 3 is 2.67 bits per heavy atom. The molecule has 0 aliphatic heterocycles. The lowest BCUT2D eigenvalue weighted by atomic mass is 9.81. The molecule has 0 spiro atoms. The van der Waals surface area contributed by atoms with Crippen LogP contribution in [0.25, 0.3) is 0 Å². The number of hydrogen-bond donors (Lipinski definition) is 1. The van der Waals surface area contributed by atoms with E-state index in [0.717, 1.165) is 0 Å². The van der Waals surface area contributed by atoms with E-state index in [1.807, 2.05) is 49.4 Å². The molecule has 2 rings (SSSR count). The van der Waals surface area contributed by atoms with E-state index in [4.69, 9.17) is 4.74 Å². The van der Waals surface area contributed by atoms with Crippen molar-refractivity contribution >= 4 is 5.97 Å². The third-order valence-electron chi connectivity index (χ3n) is 3.19. The number of rotatable bonds is 4. The Hall–Kier alpha value is -2.03. The molecule has 0 saturated heterocycles. The van der Waals surface area contributed by atoms with Crippen molar-refractivity contribution in [2.75, 3.05) is 0 Å². The normalized spacial score (nSPS) is 25.9. The van der Waals surface area contributed by atoms with Crippen molar-refractivity contribution in [1.82, 2.24) is 0 Å². The Morgan fingerprint density at radius 1 is 1.33 bits per heavy atom. The first-order valence-corrected chi connectivity index (χ1v) is 6.01. The van der Waals surface area contributed by atoms with Crippen molar-refractivity contribution in [3.8, 4) is 5.75 Å². The SMILES string of the molecule is CCC1(Oc2ccccc2)C=CC=CC1C(=O)O. The smallest absolute Gasteiger partial charge is 0.314 e. The molecule has 0 radical (unpaired) electrons. The van der Waals surface area contributed by atoms with E-state index in [0.29, 0.717) is 12.2 Å². The van der Waals surface area contributed by atoms with Crippen LogP contribution in [0.1, 0.15) is 13.3 Å². The third-order valence-corrected chi connectivity index (χ3v) is 3.19. The molecule has 1 aromatic carbocycles. The zero-order chi connectivity index (χ0) is 13.0. The molecule has 1 aliphatic carbocycles. The van der Waals surface area contributed by atoms with Gasteiger partial charge in [0.15, 0.2) is 0 Å². The van der Waals surface area contributed by atoms with Crippen LogP contribution >= 0.6 is 0 Å². The summed E-state index contributed by atoms with van der Waals surface area (Å²) in [4.78, 5) is 11.4. The first-order valence-electron chi connectivity index (χ1n) is 6.01. The molecule has 2 unspecified atom stereocenters. The molecule has 0 aromatic heterocycles. The van der Waals surface area contributed by atoms with Gasteiger partial charge in [-0.1, -0.05) is 43.4 Å². The fourth-order valence-corrected chi connectivity index (χ4v) is 2.17. The molecule has 3 heteroatoms. The number of carboxylic acids is 1. The number of hydrogen-bond acceptors (Lipinski definition) is 2. The third kappa shape index (κ3) is 2.30. The maximum Gasteiger partial charge on any atom is 0.314 e. The van der Waals surface area contributed by atoms with Crippen LogP contribution in [0.4, 0.5) is 0 Å². The predicted octanol–water partition coefficient (Wildman–Crippen LogP) is 3.04. The van der Waals surface area contributed by atoms with Gasteiger partial charge in [-0.25, -0.2) is 0 Å². The Labute approximate surface area is 106 Å². The minimum Gasteiger partial charge on any atom is -0.482 e. The van der Waals surface area contributed by atoms with Gasteiger partial charge in [0.2, 0.25) is 0 Å². The number of ether oxygens (including phenoxy) is 1. The van der Waals surface area contributed by atoms with Gasteiger partial charge in [0.25, 0.3) is 0 Å². The number of aliphatic carboxylic acids is 1. The fraction of sp³-hybridized carbons (Fsp3) is 0.267. The molecule has 1 N–H and O–H groups in total. The van der Waals surface area contributed by atoms with E-state index in [-0.39, 0.29) is 0 Å². The molecule has 0 fully saturated rings. The minimum atomic E-state index is -0.867. The molecule has 3 nitrogen and oxygen atoms in total. The van der Waals surface area contributed by atoms with Crippen molar-refractivity contribution in [3.05, 3.63) is 54.6 Å². The Kier molecular flexibility index (Phi) is 3.51. The number of carboxylic acid groups (broad SMARTS) is 1. The highest BCUT2D eigenvalue weighted by Gasteiger charge is 2.41. The fourth-order valence-electron chi connectivity index (χ4n) is 2.17. The Balaban J connectivity index is 2.32. The van der Waals surface area contributed by atoms with Gasteiger partial charge in [0.05, 0.1) is 0 Å². The van der Waals surface area contributed by atoms with Gasteiger partial charge in [0.1, 0.15) is 17.3 Å². The first-order chi connectivity index (χ1) is 8.68. The number of allylic oxidation sites excluding steroid dienone is 2. The van der Waals surface area contributed by atoms with E-state index in [2.05, 4.69) is 0 Å². The average molecular weight is 244 g/mol. The van der Waals surface area contributed by atoms with Crippen LogP contribution < -0.4 is 4.74 Å². The molecule has 0 saturated carbocycles. The second kappa shape index (κ2) is 5.08. The standard InChI is InChI=1S/C15H16O3/c1-2-15(18-12-8-4-3-5-9-12)11-7-6-10-13(15)14(16)17/h3-11,13H,2H2,1H3,(H,16,17). The van der Waals surface area contributed by atoms with E-state index in [1.165, 1.54) is 0 Å². The van der Waals surface area contributed by atoms with E-state index < -0.39 is 17.5 Å². The summed E-state index contributed by atoms with van der Waals surface area (Å²) in [6.45, 7) is 1.93. The summed E-state index contributed by atoms with van der Waals surface area (Å²) in [6, 6.07) is 9.31. The molecular formula is C15H16O3. The van der Waals surface area contributed by atoms with Crippen molar-refractivity contribution in [1.29, 1.82) is 0 Å². The Bertz CT molecular complexity index is 476. The van der Waals surface area contributed by atoms with Gasteiger partial charge in [-0.2, -0.15) is 0 Å². The van der Waals surface area contributed by atoms with E-state index >= 15 is 0 Å². The van der Waals surface area contributed by atoms with Crippen molar-refractivity contribution in [2.24, 2.45) is 5.92 Å². The highest BCUT2D eigenvalue weighted by atomic mass is 16.5. The second-order valence-electron chi connectivity index (χ2n) is 4.28. The first kappa shape index (κ1) is 12.4. The molecular weight excluding hydrogens is 228 g/mol. The summed E-state index contributed by atoms with van der Waals surface area (Å²) < 4.78 is 5.95. The molecule has 1 aromatic rings. The second-order valence-corrected chi connectivity index (χ2v) is 4.28. The molecule has 0 amide bonds.